The normalized spacial score (nSPS) is 17.8. The minimum absolute atomic E-state index is 0.0614. The highest BCUT2D eigenvalue weighted by Gasteiger charge is 2.36. The van der Waals surface area contributed by atoms with Gasteiger partial charge in [0.05, 0.1) is 12.3 Å². The van der Waals surface area contributed by atoms with Crippen LogP contribution in [0.5, 0.6) is 5.75 Å². The Bertz CT molecular complexity index is 901. The van der Waals surface area contributed by atoms with Crippen molar-refractivity contribution in [1.82, 2.24) is 19.1 Å². The zero-order valence-corrected chi connectivity index (χ0v) is 17.3. The van der Waals surface area contributed by atoms with Gasteiger partial charge >= 0.3 is 0 Å². The lowest BCUT2D eigenvalue weighted by atomic mass is 10.0. The van der Waals surface area contributed by atoms with E-state index in [0.717, 1.165) is 12.8 Å². The van der Waals surface area contributed by atoms with Gasteiger partial charge in [0.2, 0.25) is 15.9 Å². The fourth-order valence-corrected chi connectivity index (χ4v) is 5.12. The molecule has 1 aliphatic heterocycles. The van der Waals surface area contributed by atoms with E-state index in [1.165, 1.54) is 10.6 Å². The number of carbonyl (C=O) groups excluding carboxylic acids is 1. The smallest absolute Gasteiger partial charge is 0.242 e. The second-order valence-electron chi connectivity index (χ2n) is 6.96. The lowest BCUT2D eigenvalue weighted by molar-refractivity contribution is -0.120. The van der Waals surface area contributed by atoms with Gasteiger partial charge in [0.15, 0.2) is 0 Å². The summed E-state index contributed by atoms with van der Waals surface area (Å²) in [4.78, 5) is 16.7. The maximum absolute atomic E-state index is 12.8. The van der Waals surface area contributed by atoms with Crippen LogP contribution in [0.25, 0.3) is 0 Å². The van der Waals surface area contributed by atoms with Crippen molar-refractivity contribution in [3.63, 3.8) is 0 Å². The van der Waals surface area contributed by atoms with Crippen LogP contribution >= 0.6 is 0 Å². The molecule has 1 unspecified atom stereocenters. The van der Waals surface area contributed by atoms with Crippen molar-refractivity contribution in [2.45, 2.75) is 45.2 Å². The second kappa shape index (κ2) is 9.84. The Hall–Kier alpha value is -2.46. The summed E-state index contributed by atoms with van der Waals surface area (Å²) < 4.78 is 33.8. The fraction of sp³-hybridized carbons (Fsp3) is 0.526. The molecular formula is C19H27N5O4S. The molecule has 0 saturated carbocycles. The third kappa shape index (κ3) is 5.77. The van der Waals surface area contributed by atoms with E-state index < -0.39 is 16.1 Å². The predicted octanol–water partition coefficient (Wildman–Crippen LogP) is 1.89. The molecule has 10 heteroatoms. The summed E-state index contributed by atoms with van der Waals surface area (Å²) in [5.74, 6) is 0.373. The van der Waals surface area contributed by atoms with Gasteiger partial charge in [-0.3, -0.25) is 4.79 Å². The molecule has 0 bridgehead atoms. The number of amides is 1. The summed E-state index contributed by atoms with van der Waals surface area (Å²) in [6, 6.07) is 6.41. The van der Waals surface area contributed by atoms with E-state index >= 15 is 0 Å². The Kier molecular flexibility index (Phi) is 7.21. The summed E-state index contributed by atoms with van der Waals surface area (Å²) in [6.07, 6.45) is 5.75. The molecule has 0 aliphatic carbocycles. The van der Waals surface area contributed by atoms with Crippen molar-refractivity contribution in [2.24, 2.45) is 0 Å². The van der Waals surface area contributed by atoms with Crippen LogP contribution in [0.2, 0.25) is 0 Å². The Morgan fingerprint density at radius 1 is 1.34 bits per heavy atom. The third-order valence-corrected chi connectivity index (χ3v) is 6.81. The molecule has 1 saturated heterocycles. The summed E-state index contributed by atoms with van der Waals surface area (Å²) in [7, 11) is -3.43. The number of hydrogen-bond acceptors (Lipinski definition) is 6. The molecule has 2 heterocycles. The van der Waals surface area contributed by atoms with Gasteiger partial charge in [-0.25, -0.2) is 18.1 Å². The number of piperidine rings is 1. The van der Waals surface area contributed by atoms with Gasteiger partial charge in [0.25, 0.3) is 0 Å². The molecule has 158 valence electrons. The average Bonchev–Trinajstić information content (AvgIpc) is 3.22. The van der Waals surface area contributed by atoms with Crippen LogP contribution in [-0.4, -0.2) is 58.3 Å². The van der Waals surface area contributed by atoms with Gasteiger partial charge in [0, 0.05) is 18.3 Å². The highest BCUT2D eigenvalue weighted by Crippen LogP contribution is 2.24. The molecule has 1 aromatic heterocycles. The Morgan fingerprint density at radius 2 is 2.21 bits per heavy atom. The number of nitrogens with zero attached hydrogens (tertiary/aromatic N) is 4. The zero-order chi connectivity index (χ0) is 20.7. The van der Waals surface area contributed by atoms with Crippen LogP contribution in [-0.2, 0) is 21.4 Å². The van der Waals surface area contributed by atoms with E-state index in [4.69, 9.17) is 4.74 Å². The molecular weight excluding hydrogens is 394 g/mol. The van der Waals surface area contributed by atoms with Gasteiger partial charge in [-0.2, -0.15) is 9.40 Å². The van der Waals surface area contributed by atoms with Crippen LogP contribution < -0.4 is 10.1 Å². The molecule has 1 amide bonds. The molecule has 0 spiro atoms. The van der Waals surface area contributed by atoms with Gasteiger partial charge < -0.3 is 10.1 Å². The van der Waals surface area contributed by atoms with Crippen molar-refractivity contribution in [2.75, 3.05) is 24.2 Å². The van der Waals surface area contributed by atoms with E-state index in [0.29, 0.717) is 44.0 Å². The summed E-state index contributed by atoms with van der Waals surface area (Å²) in [6.45, 7) is 3.19. The summed E-state index contributed by atoms with van der Waals surface area (Å²) >= 11 is 0. The Balaban J connectivity index is 1.61. The van der Waals surface area contributed by atoms with E-state index in [2.05, 4.69) is 15.4 Å². The minimum Gasteiger partial charge on any atom is -0.492 e. The zero-order valence-electron chi connectivity index (χ0n) is 16.5. The van der Waals surface area contributed by atoms with Crippen LogP contribution in [0.4, 0.5) is 5.69 Å². The van der Waals surface area contributed by atoms with Crippen molar-refractivity contribution < 1.29 is 17.9 Å². The first-order valence-corrected chi connectivity index (χ1v) is 11.5. The summed E-state index contributed by atoms with van der Waals surface area (Å²) in [5.41, 5.74) is 0.576. The van der Waals surface area contributed by atoms with E-state index in [1.54, 1.807) is 35.3 Å². The van der Waals surface area contributed by atoms with Crippen LogP contribution in [0, 0.1) is 0 Å². The highest BCUT2D eigenvalue weighted by atomic mass is 32.2. The van der Waals surface area contributed by atoms with Gasteiger partial charge in [-0.05, 0) is 31.4 Å². The molecule has 1 aromatic carbocycles. The number of benzene rings is 1. The number of rotatable bonds is 9. The number of carbonyl (C=O) groups is 1. The van der Waals surface area contributed by atoms with E-state index in [1.807, 2.05) is 6.92 Å². The standard InChI is InChI=1S/C19H27N5O4S/c1-2-12-29(26,27)24-9-4-3-8-18(24)19(25)22-16-6-5-7-17(13-16)28-11-10-23-15-20-14-21-23/h5-7,13-15,18H,2-4,8-12H2,1H3,(H,22,25). The van der Waals surface area contributed by atoms with Crippen molar-refractivity contribution in [3.8, 4) is 5.75 Å². The lowest BCUT2D eigenvalue weighted by Crippen LogP contribution is -2.50. The third-order valence-electron chi connectivity index (χ3n) is 4.73. The minimum atomic E-state index is -3.43. The average molecular weight is 422 g/mol. The molecule has 9 nitrogen and oxygen atoms in total. The highest BCUT2D eigenvalue weighted by molar-refractivity contribution is 7.89. The number of aromatic nitrogens is 3. The first-order valence-electron chi connectivity index (χ1n) is 9.85. The largest absolute Gasteiger partial charge is 0.492 e. The second-order valence-corrected chi connectivity index (χ2v) is 9.00. The molecule has 1 atom stereocenters. The van der Waals surface area contributed by atoms with E-state index in [-0.39, 0.29) is 11.7 Å². The van der Waals surface area contributed by atoms with Crippen LogP contribution in [0.15, 0.2) is 36.9 Å². The van der Waals surface area contributed by atoms with Crippen molar-refractivity contribution >= 4 is 21.6 Å². The SMILES string of the molecule is CCCS(=O)(=O)N1CCCCC1C(=O)Nc1cccc(OCCn2cncn2)c1. The predicted molar refractivity (Wildman–Crippen MR) is 109 cm³/mol. The molecule has 29 heavy (non-hydrogen) atoms. The topological polar surface area (TPSA) is 106 Å². The van der Waals surface area contributed by atoms with Gasteiger partial charge in [0.1, 0.15) is 31.1 Å². The van der Waals surface area contributed by atoms with Gasteiger partial charge in [-0.15, -0.1) is 0 Å². The Labute approximate surface area is 171 Å². The maximum Gasteiger partial charge on any atom is 0.242 e. The number of nitrogens with one attached hydrogen (secondary N) is 1. The number of sulfonamides is 1. The molecule has 1 N–H and O–H groups in total. The van der Waals surface area contributed by atoms with Crippen LogP contribution in [0.1, 0.15) is 32.6 Å². The fourth-order valence-electron chi connectivity index (χ4n) is 3.37. The summed E-state index contributed by atoms with van der Waals surface area (Å²) in [5, 5.41) is 6.86. The monoisotopic (exact) mass is 421 g/mol. The Morgan fingerprint density at radius 3 is 2.97 bits per heavy atom. The first-order chi connectivity index (χ1) is 14.0. The molecule has 2 aromatic rings. The van der Waals surface area contributed by atoms with Crippen molar-refractivity contribution in [3.05, 3.63) is 36.9 Å². The van der Waals surface area contributed by atoms with Crippen LogP contribution in [0.3, 0.4) is 0 Å². The molecule has 3 rings (SSSR count). The molecule has 1 fully saturated rings. The lowest BCUT2D eigenvalue weighted by Gasteiger charge is -2.33. The number of anilines is 1. The quantitative estimate of drug-likeness (QED) is 0.663. The number of ether oxygens (including phenoxy) is 1. The number of hydrogen-bond donors (Lipinski definition) is 1. The van der Waals surface area contributed by atoms with E-state index in [9.17, 15) is 13.2 Å². The molecule has 1 aliphatic rings. The molecule has 0 radical (unpaired) electrons. The first kappa shape index (κ1) is 21.3. The maximum atomic E-state index is 12.8. The van der Waals surface area contributed by atoms with Crippen molar-refractivity contribution in [1.29, 1.82) is 0 Å². The van der Waals surface area contributed by atoms with Gasteiger partial charge in [-0.1, -0.05) is 19.4 Å².